The van der Waals surface area contributed by atoms with Crippen molar-refractivity contribution < 1.29 is 34.8 Å². The zero-order valence-corrected chi connectivity index (χ0v) is 25.4. The first-order valence-corrected chi connectivity index (χ1v) is 14.5. The molecule has 0 aromatic carbocycles. The van der Waals surface area contributed by atoms with Crippen molar-refractivity contribution in [3.63, 3.8) is 0 Å². The van der Waals surface area contributed by atoms with Gasteiger partial charge in [0.25, 0.3) is 0 Å². The summed E-state index contributed by atoms with van der Waals surface area (Å²) < 4.78 is 5.84. The summed E-state index contributed by atoms with van der Waals surface area (Å²) in [6.45, 7) is 16.6. The second-order valence-electron chi connectivity index (χ2n) is 13.6. The van der Waals surface area contributed by atoms with Gasteiger partial charge in [-0.25, -0.2) is 0 Å². The second kappa shape index (κ2) is 15.3. The van der Waals surface area contributed by atoms with Crippen LogP contribution in [0.15, 0.2) is 23.8 Å². The second-order valence-corrected chi connectivity index (χ2v) is 13.6. The van der Waals surface area contributed by atoms with Gasteiger partial charge >= 0.3 is 11.9 Å². The number of aliphatic hydroxyl groups excluding tert-OH is 3. The molecule has 0 fully saturated rings. The standard InChI is InChI=1S/C23H36O7.C8H19N/c1-4-13(2)23(29)30-20-11-17(25)9-15-6-5-14(3)19(22(15)20)8-7-16(24)10-18(26)12-21(27)28;1-7(2,3)6-8(4,5)9/h5-6,9,13-14,16-20,22,24-26H,4,7-8,10-12H2,1-3H3,(H,27,28);6,9H2,1-5H3. The number of rotatable bonds is 11. The van der Waals surface area contributed by atoms with E-state index in [1.165, 1.54) is 0 Å². The van der Waals surface area contributed by atoms with E-state index in [2.05, 4.69) is 47.6 Å². The number of nitrogens with two attached hydrogens (primary N) is 1. The van der Waals surface area contributed by atoms with Gasteiger partial charge in [0, 0.05) is 17.9 Å². The lowest BCUT2D eigenvalue weighted by molar-refractivity contribution is -0.159. The fourth-order valence-corrected chi connectivity index (χ4v) is 5.89. The van der Waals surface area contributed by atoms with Gasteiger partial charge in [0.15, 0.2) is 0 Å². The number of hydrogen-bond donors (Lipinski definition) is 5. The topological polar surface area (TPSA) is 150 Å². The number of allylic oxidation sites excluding steroid dienone is 2. The minimum absolute atomic E-state index is 0.0156. The van der Waals surface area contributed by atoms with E-state index >= 15 is 0 Å². The number of carboxylic acid groups (broad SMARTS) is 1. The van der Waals surface area contributed by atoms with E-state index in [4.69, 9.17) is 15.6 Å². The average Bonchev–Trinajstić information content (AvgIpc) is 2.75. The van der Waals surface area contributed by atoms with Crippen molar-refractivity contribution in [3.05, 3.63) is 23.8 Å². The van der Waals surface area contributed by atoms with E-state index in [9.17, 15) is 24.9 Å². The minimum Gasteiger partial charge on any atom is -0.481 e. The van der Waals surface area contributed by atoms with Gasteiger partial charge in [-0.3, -0.25) is 9.59 Å². The van der Waals surface area contributed by atoms with Gasteiger partial charge in [-0.2, -0.15) is 0 Å². The summed E-state index contributed by atoms with van der Waals surface area (Å²) in [5.41, 5.74) is 7.12. The fourth-order valence-electron chi connectivity index (χ4n) is 5.89. The van der Waals surface area contributed by atoms with Crippen LogP contribution in [-0.2, 0) is 14.3 Å². The smallest absolute Gasteiger partial charge is 0.308 e. The van der Waals surface area contributed by atoms with E-state index in [-0.39, 0.29) is 48.0 Å². The number of carbonyl (C=O) groups is 2. The number of carbonyl (C=O) groups excluding carboxylic acids is 1. The molecule has 0 aromatic heterocycles. The Kier molecular flexibility index (Phi) is 13.9. The first-order valence-electron chi connectivity index (χ1n) is 14.5. The summed E-state index contributed by atoms with van der Waals surface area (Å²) in [6.07, 6.45) is 5.71. The predicted molar refractivity (Wildman–Crippen MR) is 154 cm³/mol. The van der Waals surface area contributed by atoms with Crippen LogP contribution in [0.5, 0.6) is 0 Å². The Hall–Kier alpha value is -1.74. The van der Waals surface area contributed by atoms with Gasteiger partial charge in [-0.1, -0.05) is 59.8 Å². The molecule has 6 N–H and O–H groups in total. The Morgan fingerprint density at radius 3 is 2.26 bits per heavy atom. The Morgan fingerprint density at radius 1 is 1.15 bits per heavy atom. The molecule has 8 unspecified atom stereocenters. The molecule has 0 amide bonds. The van der Waals surface area contributed by atoms with E-state index in [0.717, 1.165) is 12.0 Å². The van der Waals surface area contributed by atoms with Crippen LogP contribution in [0.25, 0.3) is 0 Å². The summed E-state index contributed by atoms with van der Waals surface area (Å²) in [7, 11) is 0. The van der Waals surface area contributed by atoms with Crippen molar-refractivity contribution in [1.29, 1.82) is 0 Å². The third kappa shape index (κ3) is 13.4. The number of aliphatic hydroxyl groups is 3. The van der Waals surface area contributed by atoms with Crippen LogP contribution >= 0.6 is 0 Å². The molecule has 0 saturated heterocycles. The van der Waals surface area contributed by atoms with E-state index < -0.39 is 30.4 Å². The molecule has 0 spiro atoms. The molecule has 0 saturated carbocycles. The normalized spacial score (nSPS) is 27.3. The van der Waals surface area contributed by atoms with E-state index in [1.807, 2.05) is 26.0 Å². The number of fused-ring (bicyclic) bond motifs is 1. The summed E-state index contributed by atoms with van der Waals surface area (Å²) in [4.78, 5) is 23.1. The van der Waals surface area contributed by atoms with Crippen LogP contribution in [-0.4, -0.2) is 62.3 Å². The molecule has 0 bridgehead atoms. The summed E-state index contributed by atoms with van der Waals surface area (Å²) in [5.74, 6) is -1.31. The first-order chi connectivity index (χ1) is 17.8. The Bertz CT molecular complexity index is 827. The highest BCUT2D eigenvalue weighted by Crippen LogP contribution is 2.44. The van der Waals surface area contributed by atoms with Crippen molar-refractivity contribution in [2.24, 2.45) is 34.8 Å². The fraction of sp³-hybridized carbons (Fsp3) is 0.806. The van der Waals surface area contributed by atoms with Crippen molar-refractivity contribution in [3.8, 4) is 0 Å². The Balaban J connectivity index is 0.000000724. The highest BCUT2D eigenvalue weighted by atomic mass is 16.5. The molecule has 0 aromatic rings. The first kappa shape index (κ1) is 35.3. The lowest BCUT2D eigenvalue weighted by atomic mass is 9.66. The number of aliphatic carboxylic acids is 1. The maximum absolute atomic E-state index is 12.4. The maximum Gasteiger partial charge on any atom is 0.308 e. The summed E-state index contributed by atoms with van der Waals surface area (Å²) >= 11 is 0. The van der Waals surface area contributed by atoms with Crippen molar-refractivity contribution >= 4 is 11.9 Å². The third-order valence-corrected chi connectivity index (χ3v) is 7.43. The molecule has 2 aliphatic rings. The quantitative estimate of drug-likeness (QED) is 0.233. The largest absolute Gasteiger partial charge is 0.481 e. The highest BCUT2D eigenvalue weighted by molar-refractivity contribution is 5.72. The van der Waals surface area contributed by atoms with Gasteiger partial charge in [-0.15, -0.1) is 0 Å². The van der Waals surface area contributed by atoms with Crippen LogP contribution in [0.2, 0.25) is 0 Å². The van der Waals surface area contributed by atoms with Gasteiger partial charge < -0.3 is 30.9 Å². The van der Waals surface area contributed by atoms with Gasteiger partial charge in [0.2, 0.25) is 0 Å². The average molecular weight is 554 g/mol. The summed E-state index contributed by atoms with van der Waals surface area (Å²) in [6, 6.07) is 0. The van der Waals surface area contributed by atoms with Crippen LogP contribution in [0.4, 0.5) is 0 Å². The predicted octanol–water partition coefficient (Wildman–Crippen LogP) is 4.60. The van der Waals surface area contributed by atoms with Crippen molar-refractivity contribution in [1.82, 2.24) is 0 Å². The van der Waals surface area contributed by atoms with Crippen LogP contribution in [0, 0.1) is 29.1 Å². The molecule has 8 heteroatoms. The maximum atomic E-state index is 12.4. The Labute approximate surface area is 235 Å². The molecule has 0 aliphatic heterocycles. The summed E-state index contributed by atoms with van der Waals surface area (Å²) in [5, 5.41) is 39.1. The third-order valence-electron chi connectivity index (χ3n) is 7.43. The van der Waals surface area contributed by atoms with E-state index in [1.54, 1.807) is 0 Å². The molecule has 8 atom stereocenters. The molecule has 2 rings (SSSR count). The Morgan fingerprint density at radius 2 is 1.77 bits per heavy atom. The van der Waals surface area contributed by atoms with Gasteiger partial charge in [0.05, 0.1) is 30.7 Å². The molecule has 226 valence electrons. The van der Waals surface area contributed by atoms with Crippen LogP contribution < -0.4 is 5.73 Å². The minimum atomic E-state index is -1.10. The highest BCUT2D eigenvalue weighted by Gasteiger charge is 2.42. The number of carboxylic acids is 1. The molecule has 8 nitrogen and oxygen atoms in total. The van der Waals surface area contributed by atoms with E-state index in [0.29, 0.717) is 31.1 Å². The van der Waals surface area contributed by atoms with Crippen LogP contribution in [0.3, 0.4) is 0 Å². The number of esters is 1. The monoisotopic (exact) mass is 553 g/mol. The molecule has 0 radical (unpaired) electrons. The lowest BCUT2D eigenvalue weighted by Gasteiger charge is -2.43. The van der Waals surface area contributed by atoms with Gasteiger partial charge in [-0.05, 0) is 68.8 Å². The molecule has 39 heavy (non-hydrogen) atoms. The molecular weight excluding hydrogens is 498 g/mol. The van der Waals surface area contributed by atoms with Crippen molar-refractivity contribution in [2.75, 3.05) is 0 Å². The zero-order valence-electron chi connectivity index (χ0n) is 25.4. The zero-order chi connectivity index (χ0) is 30.1. The molecule has 0 heterocycles. The SMILES string of the molecule is CC(C)(C)CC(C)(C)N.CCC(C)C(=O)OC1CC(O)C=C2C=CC(C)C(CCC(O)CC(O)CC(=O)O)C21. The lowest BCUT2D eigenvalue weighted by Crippen LogP contribution is -2.43. The van der Waals surface area contributed by atoms with Crippen LogP contribution in [0.1, 0.15) is 100 Å². The number of ether oxygens (including phenoxy) is 1. The van der Waals surface area contributed by atoms with Gasteiger partial charge in [0.1, 0.15) is 6.10 Å². The molecular formula is C31H55NO7. The van der Waals surface area contributed by atoms with Crippen molar-refractivity contribution in [2.45, 2.75) is 130 Å². The number of hydrogen-bond acceptors (Lipinski definition) is 7. The molecule has 2 aliphatic carbocycles.